The smallest absolute Gasteiger partial charge is 0.168 e. The van der Waals surface area contributed by atoms with Crippen LogP contribution in [0.2, 0.25) is 5.02 Å². The van der Waals surface area contributed by atoms with E-state index in [1.165, 1.54) is 18.2 Å². The highest BCUT2D eigenvalue weighted by Crippen LogP contribution is 2.25. The van der Waals surface area contributed by atoms with Gasteiger partial charge in [-0.2, -0.15) is 0 Å². The van der Waals surface area contributed by atoms with Gasteiger partial charge in [-0.3, -0.25) is 0 Å². The van der Waals surface area contributed by atoms with Gasteiger partial charge in [0.1, 0.15) is 24.0 Å². The van der Waals surface area contributed by atoms with E-state index in [0.717, 1.165) is 11.5 Å². The molecule has 0 aliphatic heterocycles. The van der Waals surface area contributed by atoms with Crippen molar-refractivity contribution in [1.29, 1.82) is 0 Å². The molecule has 19 heavy (non-hydrogen) atoms. The minimum atomic E-state index is -0.401. The molecule has 0 bridgehead atoms. The second kappa shape index (κ2) is 5.84. The number of hydrogen-bond acceptors (Lipinski definition) is 4. The molecular formula is C13H13ClFN3O. The number of aryl methyl sites for hydroxylation is 1. The van der Waals surface area contributed by atoms with E-state index in [1.54, 1.807) is 7.05 Å². The summed E-state index contributed by atoms with van der Waals surface area (Å²) in [6, 6.07) is 5.80. The second-order valence-corrected chi connectivity index (χ2v) is 4.33. The van der Waals surface area contributed by atoms with Crippen LogP contribution in [-0.2, 0) is 6.61 Å². The lowest BCUT2D eigenvalue weighted by atomic mass is 10.3. The highest BCUT2D eigenvalue weighted by Gasteiger charge is 2.06. The molecule has 100 valence electrons. The zero-order valence-corrected chi connectivity index (χ0v) is 11.3. The first-order chi connectivity index (χ1) is 9.08. The molecule has 0 fully saturated rings. The molecule has 4 nitrogen and oxygen atoms in total. The van der Waals surface area contributed by atoms with Crippen LogP contribution >= 0.6 is 11.6 Å². The van der Waals surface area contributed by atoms with Crippen LogP contribution in [0, 0.1) is 12.7 Å². The molecule has 0 amide bonds. The standard InChI is InChI=1S/C13H13ClFN3O/c1-8-5-12(16-2)18-13(17-8)7-19-11-4-3-9(15)6-10(11)14/h3-6H,7H2,1-2H3,(H,16,17,18). The Balaban J connectivity index is 2.12. The number of benzene rings is 1. The Kier molecular flexibility index (Phi) is 4.16. The van der Waals surface area contributed by atoms with E-state index in [9.17, 15) is 4.39 Å². The van der Waals surface area contributed by atoms with Gasteiger partial charge in [0.15, 0.2) is 5.82 Å². The summed E-state index contributed by atoms with van der Waals surface area (Å²) in [6.45, 7) is 2.04. The summed E-state index contributed by atoms with van der Waals surface area (Å²) < 4.78 is 18.4. The molecule has 1 heterocycles. The second-order valence-electron chi connectivity index (χ2n) is 3.92. The summed E-state index contributed by atoms with van der Waals surface area (Å²) in [5, 5.41) is 3.17. The molecule has 2 aromatic rings. The topological polar surface area (TPSA) is 47.0 Å². The van der Waals surface area contributed by atoms with Crippen LogP contribution in [0.4, 0.5) is 10.2 Å². The largest absolute Gasteiger partial charge is 0.484 e. The number of halogens is 2. The maximum Gasteiger partial charge on any atom is 0.168 e. The summed E-state index contributed by atoms with van der Waals surface area (Å²) in [5.74, 6) is 1.25. The molecule has 0 spiro atoms. The van der Waals surface area contributed by atoms with E-state index in [4.69, 9.17) is 16.3 Å². The molecule has 1 aromatic heterocycles. The van der Waals surface area contributed by atoms with Gasteiger partial charge >= 0.3 is 0 Å². The summed E-state index contributed by atoms with van der Waals surface area (Å²) >= 11 is 5.87. The molecule has 0 saturated heterocycles. The van der Waals surface area contributed by atoms with E-state index in [0.29, 0.717) is 11.6 Å². The molecule has 0 aliphatic rings. The molecule has 0 unspecified atom stereocenters. The van der Waals surface area contributed by atoms with Crippen molar-refractivity contribution in [1.82, 2.24) is 9.97 Å². The van der Waals surface area contributed by atoms with E-state index < -0.39 is 5.82 Å². The molecule has 0 saturated carbocycles. The van der Waals surface area contributed by atoms with Crippen molar-refractivity contribution in [2.75, 3.05) is 12.4 Å². The van der Waals surface area contributed by atoms with Gasteiger partial charge < -0.3 is 10.1 Å². The predicted octanol–water partition coefficient (Wildman–Crippen LogP) is 3.20. The van der Waals surface area contributed by atoms with Crippen molar-refractivity contribution < 1.29 is 9.13 Å². The Labute approximate surface area is 115 Å². The van der Waals surface area contributed by atoms with Crippen molar-refractivity contribution in [3.05, 3.63) is 46.6 Å². The average molecular weight is 282 g/mol. The Bertz CT molecular complexity index is 592. The maximum atomic E-state index is 12.9. The minimum absolute atomic E-state index is 0.168. The lowest BCUT2D eigenvalue weighted by Gasteiger charge is -2.09. The zero-order valence-electron chi connectivity index (χ0n) is 10.6. The van der Waals surface area contributed by atoms with Gasteiger partial charge in [-0.15, -0.1) is 0 Å². The molecule has 2 rings (SSSR count). The molecular weight excluding hydrogens is 269 g/mol. The Morgan fingerprint density at radius 1 is 1.32 bits per heavy atom. The quantitative estimate of drug-likeness (QED) is 0.935. The maximum absolute atomic E-state index is 12.9. The molecule has 0 aliphatic carbocycles. The number of nitrogens with one attached hydrogen (secondary N) is 1. The lowest BCUT2D eigenvalue weighted by molar-refractivity contribution is 0.295. The van der Waals surface area contributed by atoms with E-state index >= 15 is 0 Å². The van der Waals surface area contributed by atoms with Gasteiger partial charge in [-0.25, -0.2) is 14.4 Å². The van der Waals surface area contributed by atoms with Crippen LogP contribution in [-0.4, -0.2) is 17.0 Å². The van der Waals surface area contributed by atoms with Crippen molar-refractivity contribution >= 4 is 17.4 Å². The van der Waals surface area contributed by atoms with Crippen LogP contribution in [0.15, 0.2) is 24.3 Å². The summed E-state index contributed by atoms with van der Waals surface area (Å²) in [6.07, 6.45) is 0. The van der Waals surface area contributed by atoms with Gasteiger partial charge in [0.2, 0.25) is 0 Å². The third-order valence-corrected chi connectivity index (χ3v) is 2.70. The van der Waals surface area contributed by atoms with Crippen molar-refractivity contribution in [3.63, 3.8) is 0 Å². The van der Waals surface area contributed by atoms with Crippen LogP contribution in [0.1, 0.15) is 11.5 Å². The first-order valence-electron chi connectivity index (χ1n) is 5.68. The Morgan fingerprint density at radius 3 is 2.79 bits per heavy atom. The van der Waals surface area contributed by atoms with Gasteiger partial charge in [0.25, 0.3) is 0 Å². The van der Waals surface area contributed by atoms with Crippen LogP contribution in [0.25, 0.3) is 0 Å². The van der Waals surface area contributed by atoms with Gasteiger partial charge in [-0.1, -0.05) is 11.6 Å². The monoisotopic (exact) mass is 281 g/mol. The number of nitrogens with zero attached hydrogens (tertiary/aromatic N) is 2. The first-order valence-corrected chi connectivity index (χ1v) is 6.06. The van der Waals surface area contributed by atoms with E-state index in [2.05, 4.69) is 15.3 Å². The number of aromatic nitrogens is 2. The molecule has 0 atom stereocenters. The zero-order chi connectivity index (χ0) is 13.8. The van der Waals surface area contributed by atoms with Gasteiger partial charge in [0.05, 0.1) is 5.02 Å². The normalized spacial score (nSPS) is 10.3. The number of anilines is 1. The lowest BCUT2D eigenvalue weighted by Crippen LogP contribution is -2.05. The predicted molar refractivity (Wildman–Crippen MR) is 72.1 cm³/mol. The number of rotatable bonds is 4. The third-order valence-electron chi connectivity index (χ3n) is 2.41. The SMILES string of the molecule is CNc1cc(C)nc(COc2ccc(F)cc2Cl)n1. The third kappa shape index (κ3) is 3.54. The van der Waals surface area contributed by atoms with Crippen molar-refractivity contribution in [2.45, 2.75) is 13.5 Å². The molecule has 0 radical (unpaired) electrons. The molecule has 1 N–H and O–H groups in total. The average Bonchev–Trinajstić information content (AvgIpc) is 2.37. The van der Waals surface area contributed by atoms with Crippen molar-refractivity contribution in [2.24, 2.45) is 0 Å². The van der Waals surface area contributed by atoms with Crippen molar-refractivity contribution in [3.8, 4) is 5.75 Å². The molecule has 6 heteroatoms. The van der Waals surface area contributed by atoms with Crippen LogP contribution < -0.4 is 10.1 Å². The fourth-order valence-electron chi connectivity index (χ4n) is 1.56. The highest BCUT2D eigenvalue weighted by molar-refractivity contribution is 6.32. The van der Waals surface area contributed by atoms with Gasteiger partial charge in [-0.05, 0) is 25.1 Å². The summed E-state index contributed by atoms with van der Waals surface area (Å²) in [4.78, 5) is 8.50. The van der Waals surface area contributed by atoms with E-state index in [1.807, 2.05) is 13.0 Å². The van der Waals surface area contributed by atoms with Crippen LogP contribution in [0.3, 0.4) is 0 Å². The molecule has 1 aromatic carbocycles. The number of hydrogen-bond donors (Lipinski definition) is 1. The minimum Gasteiger partial charge on any atom is -0.484 e. The number of ether oxygens (including phenoxy) is 1. The first kappa shape index (κ1) is 13.5. The van der Waals surface area contributed by atoms with Crippen LogP contribution in [0.5, 0.6) is 5.75 Å². The Hall–Kier alpha value is -1.88. The van der Waals surface area contributed by atoms with E-state index in [-0.39, 0.29) is 11.6 Å². The fraction of sp³-hybridized carbons (Fsp3) is 0.231. The highest BCUT2D eigenvalue weighted by atomic mass is 35.5. The fourth-order valence-corrected chi connectivity index (χ4v) is 1.78. The summed E-state index contributed by atoms with van der Waals surface area (Å²) in [5.41, 5.74) is 0.836. The summed E-state index contributed by atoms with van der Waals surface area (Å²) in [7, 11) is 1.78. The van der Waals surface area contributed by atoms with Gasteiger partial charge in [0, 0.05) is 18.8 Å². The Morgan fingerprint density at radius 2 is 2.11 bits per heavy atom.